The van der Waals surface area contributed by atoms with E-state index < -0.39 is 26.6 Å². The molecule has 0 aliphatic rings. The Morgan fingerprint density at radius 1 is 0.427 bits per heavy atom. The lowest BCUT2D eigenvalue weighted by molar-refractivity contribution is -0.870. The fourth-order valence-electron chi connectivity index (χ4n) is 10.3. The van der Waals surface area contributed by atoms with Crippen LogP contribution in [0.1, 0.15) is 335 Å². The number of unbranched alkanes of at least 4 members (excludes halogenated alkanes) is 40. The standard InChI is InChI=1S/C72H135N2O7P/c1-7-10-13-16-19-22-25-28-30-32-34-36-37-39-41-43-45-47-50-53-56-59-62-65-72(76)81-70(63-60-57-54-51-48-27-24-21-18-15-12-9-3)69(68-80-82(77,78)79-67-66-74(4,5)6)73-71(75)64-61-58-55-52-49-46-44-42-40-38-35-33-31-29-26-23-20-17-14-11-8-2/h20,23,29,31,35,38,42,44,60,63,69-70H,7-19,21-22,24-28,30,32-34,36-37,39-41,43,45-59,61-62,64-68H2,1-6H3,(H-,73,75,77,78)/b23-20-,31-29-,38-35-,44-42-,63-60+. The van der Waals surface area contributed by atoms with Crippen molar-refractivity contribution in [1.29, 1.82) is 0 Å². The average molecular weight is 1170 g/mol. The minimum absolute atomic E-state index is 0.0262. The number of nitrogens with zero attached hydrogens (tertiary/aromatic N) is 1. The van der Waals surface area contributed by atoms with Gasteiger partial charge in [-0.2, -0.15) is 0 Å². The van der Waals surface area contributed by atoms with Gasteiger partial charge in [0.25, 0.3) is 7.82 Å². The number of hydrogen-bond acceptors (Lipinski definition) is 7. The second kappa shape index (κ2) is 61.8. The maximum Gasteiger partial charge on any atom is 0.306 e. The van der Waals surface area contributed by atoms with E-state index in [1.54, 1.807) is 0 Å². The van der Waals surface area contributed by atoms with Gasteiger partial charge in [0, 0.05) is 12.8 Å². The molecule has 0 radical (unpaired) electrons. The van der Waals surface area contributed by atoms with Crippen LogP contribution in [-0.2, 0) is 27.9 Å². The fraction of sp³-hybridized carbons (Fsp3) is 0.833. The number of rotatable bonds is 64. The number of likely N-dealkylation sites (N-methyl/N-ethyl adjacent to an activating group) is 1. The van der Waals surface area contributed by atoms with Crippen LogP contribution in [0.2, 0.25) is 0 Å². The molecule has 0 bridgehead atoms. The van der Waals surface area contributed by atoms with Gasteiger partial charge >= 0.3 is 5.97 Å². The number of ether oxygens (including phenoxy) is 1. The molecular formula is C72H135N2O7P. The normalized spacial score (nSPS) is 13.9. The summed E-state index contributed by atoms with van der Waals surface area (Å²) < 4.78 is 30.4. The molecule has 0 saturated heterocycles. The molecule has 0 aromatic carbocycles. The van der Waals surface area contributed by atoms with Gasteiger partial charge in [0.15, 0.2) is 0 Å². The van der Waals surface area contributed by atoms with Gasteiger partial charge < -0.3 is 28.5 Å². The molecule has 0 spiro atoms. The highest BCUT2D eigenvalue weighted by atomic mass is 31.2. The Balaban J connectivity index is 5.12. The topological polar surface area (TPSA) is 114 Å². The first kappa shape index (κ1) is 79.7. The second-order valence-electron chi connectivity index (χ2n) is 25.0. The Kier molecular flexibility index (Phi) is 60.1. The van der Waals surface area contributed by atoms with Crippen LogP contribution in [0.3, 0.4) is 0 Å². The Labute approximate surface area is 509 Å². The molecule has 82 heavy (non-hydrogen) atoms. The lowest BCUT2D eigenvalue weighted by Gasteiger charge is -2.30. The van der Waals surface area contributed by atoms with E-state index in [9.17, 15) is 19.0 Å². The predicted molar refractivity (Wildman–Crippen MR) is 353 cm³/mol. The van der Waals surface area contributed by atoms with Gasteiger partial charge in [-0.1, -0.05) is 307 Å². The third kappa shape index (κ3) is 62.2. The van der Waals surface area contributed by atoms with Crippen molar-refractivity contribution in [3.8, 4) is 0 Å². The molecule has 3 atom stereocenters. The summed E-state index contributed by atoms with van der Waals surface area (Å²) in [4.78, 5) is 40.1. The van der Waals surface area contributed by atoms with Crippen LogP contribution >= 0.6 is 7.82 Å². The number of phosphoric ester groups is 1. The van der Waals surface area contributed by atoms with Crippen LogP contribution in [-0.4, -0.2) is 69.4 Å². The largest absolute Gasteiger partial charge is 0.756 e. The van der Waals surface area contributed by atoms with Crippen molar-refractivity contribution < 1.29 is 37.3 Å². The van der Waals surface area contributed by atoms with Crippen molar-refractivity contribution in [2.75, 3.05) is 40.9 Å². The molecule has 9 nitrogen and oxygen atoms in total. The minimum Gasteiger partial charge on any atom is -0.756 e. The molecule has 0 aromatic rings. The van der Waals surface area contributed by atoms with Crippen LogP contribution in [0, 0.1) is 0 Å². The third-order valence-corrected chi connectivity index (χ3v) is 16.7. The molecule has 3 unspecified atom stereocenters. The van der Waals surface area contributed by atoms with Gasteiger partial charge in [-0.15, -0.1) is 0 Å². The maximum atomic E-state index is 13.6. The van der Waals surface area contributed by atoms with Crippen molar-refractivity contribution in [3.63, 3.8) is 0 Å². The fourth-order valence-corrected chi connectivity index (χ4v) is 11.0. The van der Waals surface area contributed by atoms with Gasteiger partial charge in [0.1, 0.15) is 19.3 Å². The Bertz CT molecular complexity index is 1590. The van der Waals surface area contributed by atoms with Crippen molar-refractivity contribution in [3.05, 3.63) is 60.8 Å². The van der Waals surface area contributed by atoms with Crippen molar-refractivity contribution in [2.45, 2.75) is 348 Å². The summed E-state index contributed by atoms with van der Waals surface area (Å²) in [5.74, 6) is -0.549. The molecule has 10 heteroatoms. The quantitative estimate of drug-likeness (QED) is 0.0212. The first-order valence-electron chi connectivity index (χ1n) is 35.1. The molecule has 0 saturated carbocycles. The molecule has 0 rings (SSSR count). The van der Waals surface area contributed by atoms with Gasteiger partial charge in [-0.3, -0.25) is 14.2 Å². The van der Waals surface area contributed by atoms with E-state index in [1.165, 1.54) is 205 Å². The molecular weight excluding hydrogens is 1040 g/mol. The van der Waals surface area contributed by atoms with Gasteiger partial charge in [-0.05, 0) is 76.7 Å². The summed E-state index contributed by atoms with van der Waals surface area (Å²) in [6.07, 6.45) is 79.1. The first-order valence-corrected chi connectivity index (χ1v) is 36.6. The second-order valence-corrected chi connectivity index (χ2v) is 26.5. The van der Waals surface area contributed by atoms with Gasteiger partial charge in [-0.25, -0.2) is 0 Å². The van der Waals surface area contributed by atoms with E-state index in [0.29, 0.717) is 17.4 Å². The number of amides is 1. The number of nitrogens with one attached hydrogen (secondary N) is 1. The lowest BCUT2D eigenvalue weighted by Crippen LogP contribution is -2.47. The highest BCUT2D eigenvalue weighted by Crippen LogP contribution is 2.38. The average Bonchev–Trinajstić information content (AvgIpc) is 3.44. The van der Waals surface area contributed by atoms with Crippen LogP contribution in [0.15, 0.2) is 60.8 Å². The molecule has 0 aromatic heterocycles. The summed E-state index contributed by atoms with van der Waals surface area (Å²) in [5.41, 5.74) is 0. The summed E-state index contributed by atoms with van der Waals surface area (Å²) in [5, 5.41) is 3.03. The number of allylic oxidation sites excluding steroid dienone is 9. The first-order chi connectivity index (χ1) is 39.9. The van der Waals surface area contributed by atoms with E-state index >= 15 is 0 Å². The lowest BCUT2D eigenvalue weighted by atomic mass is 10.0. The Hall–Kier alpha value is -2.29. The molecule has 0 aliphatic heterocycles. The van der Waals surface area contributed by atoms with Crippen molar-refractivity contribution in [2.24, 2.45) is 0 Å². The Morgan fingerprint density at radius 2 is 0.744 bits per heavy atom. The van der Waals surface area contributed by atoms with Crippen molar-refractivity contribution >= 4 is 19.7 Å². The number of carbonyl (C=O) groups excluding carboxylic acids is 2. The van der Waals surface area contributed by atoms with Crippen molar-refractivity contribution in [1.82, 2.24) is 5.32 Å². The zero-order valence-electron chi connectivity index (χ0n) is 54.9. The molecule has 0 fully saturated rings. The number of carbonyl (C=O) groups is 2. The van der Waals surface area contributed by atoms with Crippen LogP contribution in [0.25, 0.3) is 0 Å². The zero-order valence-corrected chi connectivity index (χ0v) is 55.8. The van der Waals surface area contributed by atoms with E-state index in [0.717, 1.165) is 96.3 Å². The van der Waals surface area contributed by atoms with Gasteiger partial charge in [0.2, 0.25) is 5.91 Å². The number of phosphoric acid groups is 1. The monoisotopic (exact) mass is 1170 g/mol. The summed E-state index contributed by atoms with van der Waals surface area (Å²) >= 11 is 0. The van der Waals surface area contributed by atoms with Crippen LogP contribution in [0.5, 0.6) is 0 Å². The van der Waals surface area contributed by atoms with E-state index in [2.05, 4.69) is 74.7 Å². The van der Waals surface area contributed by atoms with E-state index in [1.807, 2.05) is 33.3 Å². The highest BCUT2D eigenvalue weighted by molar-refractivity contribution is 7.45. The van der Waals surface area contributed by atoms with Crippen LogP contribution < -0.4 is 10.2 Å². The maximum absolute atomic E-state index is 13.6. The smallest absolute Gasteiger partial charge is 0.306 e. The number of esters is 1. The predicted octanol–water partition coefficient (Wildman–Crippen LogP) is 21.5. The van der Waals surface area contributed by atoms with Crippen LogP contribution in [0.4, 0.5) is 0 Å². The molecule has 480 valence electrons. The van der Waals surface area contributed by atoms with E-state index in [-0.39, 0.29) is 24.9 Å². The minimum atomic E-state index is -4.71. The SMILES string of the molecule is CCCCC/C=C\C/C=C\C/C=C\C/C=C\CCCCCCCC(=O)NC(COP(=O)([O-])OCC[N+](C)(C)C)C(/C=C/CCCCCCCCCCCC)OC(=O)CCCCCCCCCCCCCCCCCCCCCCCCC. The Morgan fingerprint density at radius 3 is 1.13 bits per heavy atom. The number of quaternary nitrogens is 1. The molecule has 0 heterocycles. The van der Waals surface area contributed by atoms with Gasteiger partial charge in [0.05, 0.1) is 33.8 Å². The summed E-state index contributed by atoms with van der Waals surface area (Å²) in [6, 6.07) is -0.899. The zero-order chi connectivity index (χ0) is 60.0. The molecule has 1 amide bonds. The highest BCUT2D eigenvalue weighted by Gasteiger charge is 2.27. The molecule has 0 aliphatic carbocycles. The molecule has 1 N–H and O–H groups in total. The third-order valence-electron chi connectivity index (χ3n) is 15.7. The van der Waals surface area contributed by atoms with E-state index in [4.69, 9.17) is 13.8 Å². The summed E-state index contributed by atoms with van der Waals surface area (Å²) in [7, 11) is 1.18. The summed E-state index contributed by atoms with van der Waals surface area (Å²) in [6.45, 7) is 6.84. The number of hydrogen-bond donors (Lipinski definition) is 1.